The number of nitriles is 1. The van der Waals surface area contributed by atoms with Gasteiger partial charge in [0.1, 0.15) is 5.40 Å². The molecule has 1 heterocycles. The Morgan fingerprint density at radius 2 is 2.07 bits per heavy atom. The summed E-state index contributed by atoms with van der Waals surface area (Å²) in [7, 11) is 0. The number of carbonyl (C=O) groups is 2. The first kappa shape index (κ1) is 20.5. The number of aromatic amines is 1. The Kier molecular flexibility index (Phi) is 6.93. The summed E-state index contributed by atoms with van der Waals surface area (Å²) in [5, 5.41) is 14.6. The second kappa shape index (κ2) is 9.80. The second-order valence-electron chi connectivity index (χ2n) is 6.59. The maximum atomic E-state index is 12.0. The fourth-order valence-corrected chi connectivity index (χ4v) is 3.54. The molecule has 2 aromatic carbocycles. The predicted octanol–water partition coefficient (Wildman–Crippen LogP) is 4.55. The third-order valence-electron chi connectivity index (χ3n) is 4.50. The monoisotopic (exact) mass is 407 g/mol. The van der Waals surface area contributed by atoms with Gasteiger partial charge in [0.05, 0.1) is 0 Å². The quantitative estimate of drug-likeness (QED) is 0.324. The Hall–Kier alpha value is -3.24. The van der Waals surface area contributed by atoms with Gasteiger partial charge >= 0.3 is 5.97 Å². The largest absolute Gasteiger partial charge is 0.456 e. The number of para-hydroxylation sites is 1. The number of anilines is 1. The number of benzene rings is 2. The molecule has 0 spiro atoms. The van der Waals surface area contributed by atoms with Gasteiger partial charge in [0.25, 0.3) is 5.91 Å². The molecule has 1 aromatic heterocycles. The molecule has 3 rings (SSSR count). The Balaban J connectivity index is 1.41. The van der Waals surface area contributed by atoms with Crippen LogP contribution in [0, 0.1) is 17.6 Å². The lowest BCUT2D eigenvalue weighted by Gasteiger charge is -2.09. The van der Waals surface area contributed by atoms with Gasteiger partial charge in [0, 0.05) is 34.1 Å². The minimum atomic E-state index is -0.391. The number of ether oxygens (including phenoxy) is 1. The molecule has 0 aliphatic carbocycles. The van der Waals surface area contributed by atoms with Gasteiger partial charge in [-0.2, -0.15) is 5.26 Å². The topological polar surface area (TPSA) is 95.0 Å². The van der Waals surface area contributed by atoms with Crippen LogP contribution in [0.3, 0.4) is 0 Å². The molecule has 2 N–H and O–H groups in total. The van der Waals surface area contributed by atoms with E-state index in [0.717, 1.165) is 39.5 Å². The molecule has 0 saturated carbocycles. The van der Waals surface area contributed by atoms with E-state index in [1.165, 1.54) is 5.56 Å². The lowest BCUT2D eigenvalue weighted by Crippen LogP contribution is -2.21. The lowest BCUT2D eigenvalue weighted by atomic mass is 10.1. The Labute approximate surface area is 173 Å². The minimum absolute atomic E-state index is 0.256. The van der Waals surface area contributed by atoms with Crippen LogP contribution in [0.2, 0.25) is 0 Å². The molecule has 0 radical (unpaired) electrons. The van der Waals surface area contributed by atoms with E-state index < -0.39 is 11.9 Å². The number of amides is 1. The number of esters is 1. The van der Waals surface area contributed by atoms with Crippen LogP contribution < -0.4 is 5.32 Å². The molecule has 0 bridgehead atoms. The molecule has 0 fully saturated rings. The van der Waals surface area contributed by atoms with Crippen LogP contribution in [0.25, 0.3) is 10.9 Å². The van der Waals surface area contributed by atoms with Gasteiger partial charge in [0.15, 0.2) is 6.61 Å². The van der Waals surface area contributed by atoms with Crippen LogP contribution in [-0.2, 0) is 20.7 Å². The van der Waals surface area contributed by atoms with Crippen molar-refractivity contribution in [1.82, 2.24) is 4.98 Å². The number of hydrogen-bond acceptors (Lipinski definition) is 5. The molecule has 0 saturated heterocycles. The summed E-state index contributed by atoms with van der Waals surface area (Å²) in [5.74, 6) is -0.781. The number of thiocyanates is 1. The second-order valence-corrected chi connectivity index (χ2v) is 7.45. The molecule has 0 aliphatic rings. The van der Waals surface area contributed by atoms with Gasteiger partial charge in [-0.3, -0.25) is 9.59 Å². The van der Waals surface area contributed by atoms with Crippen LogP contribution in [0.15, 0.2) is 53.6 Å². The van der Waals surface area contributed by atoms with E-state index in [1.807, 2.05) is 42.8 Å². The normalized spacial score (nSPS) is 10.5. The molecule has 6 nitrogen and oxygen atoms in total. The van der Waals surface area contributed by atoms with Crippen LogP contribution in [0.5, 0.6) is 0 Å². The average Bonchev–Trinajstić information content (AvgIpc) is 3.12. The van der Waals surface area contributed by atoms with Gasteiger partial charge in [-0.15, -0.1) is 0 Å². The Morgan fingerprint density at radius 1 is 1.24 bits per heavy atom. The van der Waals surface area contributed by atoms with E-state index in [-0.39, 0.29) is 13.0 Å². The smallest absolute Gasteiger partial charge is 0.306 e. The minimum Gasteiger partial charge on any atom is -0.456 e. The van der Waals surface area contributed by atoms with E-state index >= 15 is 0 Å². The number of nitrogens with zero attached hydrogens (tertiary/aromatic N) is 1. The Morgan fingerprint density at radius 3 is 2.86 bits per heavy atom. The third-order valence-corrected chi connectivity index (χ3v) is 5.08. The molecule has 148 valence electrons. The first-order chi connectivity index (χ1) is 14.1. The van der Waals surface area contributed by atoms with Crippen molar-refractivity contribution in [2.24, 2.45) is 0 Å². The molecular formula is C22H21N3O3S. The summed E-state index contributed by atoms with van der Waals surface area (Å²) in [5.41, 5.74) is 3.72. The zero-order valence-corrected chi connectivity index (χ0v) is 16.8. The summed E-state index contributed by atoms with van der Waals surface area (Å²) in [6.07, 6.45) is 3.63. The predicted molar refractivity (Wildman–Crippen MR) is 113 cm³/mol. The number of aryl methyl sites for hydroxylation is 2. The zero-order valence-electron chi connectivity index (χ0n) is 16.0. The van der Waals surface area contributed by atoms with E-state index in [2.05, 4.69) is 16.4 Å². The first-order valence-corrected chi connectivity index (χ1v) is 10.1. The van der Waals surface area contributed by atoms with E-state index in [1.54, 1.807) is 12.1 Å². The lowest BCUT2D eigenvalue weighted by molar-refractivity contribution is -0.147. The molecule has 7 heteroatoms. The van der Waals surface area contributed by atoms with Gasteiger partial charge in [-0.25, -0.2) is 0 Å². The number of hydrogen-bond donors (Lipinski definition) is 2. The standard InChI is InChI=1S/C22H21N3O3S/c1-15-11-17(29-14-23)9-10-19(15)25-21(26)13-28-22(27)8-4-5-16-12-24-20-7-3-2-6-18(16)20/h2-3,6-7,9-12,24H,4-5,8,13H2,1H3,(H,25,26). The molecule has 0 aliphatic heterocycles. The van der Waals surface area contributed by atoms with Crippen molar-refractivity contribution in [2.75, 3.05) is 11.9 Å². The van der Waals surface area contributed by atoms with Gasteiger partial charge in [0.2, 0.25) is 0 Å². The first-order valence-electron chi connectivity index (χ1n) is 9.24. The van der Waals surface area contributed by atoms with Crippen molar-refractivity contribution in [2.45, 2.75) is 31.1 Å². The average molecular weight is 407 g/mol. The molecular weight excluding hydrogens is 386 g/mol. The molecule has 1 amide bonds. The number of thioether (sulfide) groups is 1. The van der Waals surface area contributed by atoms with Crippen LogP contribution in [-0.4, -0.2) is 23.5 Å². The third kappa shape index (κ3) is 5.62. The van der Waals surface area contributed by atoms with Crippen molar-refractivity contribution >= 4 is 40.2 Å². The molecule has 0 atom stereocenters. The van der Waals surface area contributed by atoms with E-state index in [4.69, 9.17) is 10.00 Å². The summed E-state index contributed by atoms with van der Waals surface area (Å²) >= 11 is 1.06. The summed E-state index contributed by atoms with van der Waals surface area (Å²) in [6, 6.07) is 13.3. The maximum Gasteiger partial charge on any atom is 0.306 e. The summed E-state index contributed by atoms with van der Waals surface area (Å²) in [6.45, 7) is 1.52. The molecule has 29 heavy (non-hydrogen) atoms. The highest BCUT2D eigenvalue weighted by Gasteiger charge is 2.10. The van der Waals surface area contributed by atoms with Crippen LogP contribution >= 0.6 is 11.8 Å². The molecule has 3 aromatic rings. The molecule has 0 unspecified atom stereocenters. The summed E-state index contributed by atoms with van der Waals surface area (Å²) in [4.78, 5) is 28.0. The fourth-order valence-electron chi connectivity index (χ4n) is 3.06. The Bertz CT molecular complexity index is 1070. The van der Waals surface area contributed by atoms with Crippen LogP contribution in [0.1, 0.15) is 24.0 Å². The highest BCUT2D eigenvalue weighted by Crippen LogP contribution is 2.23. The van der Waals surface area contributed by atoms with Crippen molar-refractivity contribution in [3.63, 3.8) is 0 Å². The number of fused-ring (bicyclic) bond motifs is 1. The van der Waals surface area contributed by atoms with Gasteiger partial charge < -0.3 is 15.0 Å². The number of carbonyl (C=O) groups excluding carboxylic acids is 2. The van der Waals surface area contributed by atoms with E-state index in [0.29, 0.717) is 12.1 Å². The van der Waals surface area contributed by atoms with Gasteiger partial charge in [-0.1, -0.05) is 18.2 Å². The van der Waals surface area contributed by atoms with Crippen LogP contribution in [0.4, 0.5) is 5.69 Å². The highest BCUT2D eigenvalue weighted by molar-refractivity contribution is 8.03. The number of nitrogens with one attached hydrogen (secondary N) is 2. The number of aromatic nitrogens is 1. The zero-order chi connectivity index (χ0) is 20.6. The fraction of sp³-hybridized carbons (Fsp3) is 0.227. The van der Waals surface area contributed by atoms with Crippen molar-refractivity contribution in [3.8, 4) is 5.40 Å². The number of rotatable bonds is 8. The summed E-state index contributed by atoms with van der Waals surface area (Å²) < 4.78 is 5.08. The van der Waals surface area contributed by atoms with Crippen molar-refractivity contribution in [1.29, 1.82) is 5.26 Å². The van der Waals surface area contributed by atoms with Crippen molar-refractivity contribution < 1.29 is 14.3 Å². The van der Waals surface area contributed by atoms with Gasteiger partial charge in [-0.05, 0) is 66.9 Å². The van der Waals surface area contributed by atoms with E-state index in [9.17, 15) is 9.59 Å². The maximum absolute atomic E-state index is 12.0. The number of H-pyrrole nitrogens is 1. The highest BCUT2D eigenvalue weighted by atomic mass is 32.2. The SMILES string of the molecule is Cc1cc(SC#N)ccc1NC(=O)COC(=O)CCCc1c[nH]c2ccccc12. The van der Waals surface area contributed by atoms with Crippen molar-refractivity contribution in [3.05, 3.63) is 59.8 Å².